The van der Waals surface area contributed by atoms with Crippen LogP contribution in [-0.2, 0) is 4.79 Å². The average molecular weight is 369 g/mol. The number of hydrogen-bond donors (Lipinski definition) is 1. The number of halogens is 13. The zero-order valence-corrected chi connectivity index (χ0v) is 9.27. The molecule has 0 unspecified atom stereocenters. The van der Waals surface area contributed by atoms with Gasteiger partial charge in [0.1, 0.15) is 0 Å². The summed E-state index contributed by atoms with van der Waals surface area (Å²) in [7, 11) is 0. The predicted octanol–water partition coefficient (Wildman–Crippen LogP) is 3.81. The van der Waals surface area contributed by atoms with Crippen LogP contribution in [0, 0.1) is 0 Å². The van der Waals surface area contributed by atoms with Crippen LogP contribution in [0.5, 0.6) is 0 Å². The number of alkyl halides is 13. The molecule has 0 aromatic rings. The third-order valence-electron chi connectivity index (χ3n) is 2.20. The minimum Gasteiger partial charge on any atom is -0.477 e. The largest absolute Gasteiger partial charge is 0.477 e. The number of carbonyl (C=O) groups is 1. The Balaban J connectivity index is 6.29. The quantitative estimate of drug-likeness (QED) is 0.591. The second-order valence-corrected chi connectivity index (χ2v) is 3.67. The number of carboxylic acids is 1. The van der Waals surface area contributed by atoms with Crippen LogP contribution in [0.15, 0.2) is 0 Å². The first-order valence-electron chi connectivity index (χ1n) is 4.38. The number of hydrogen-bond acceptors (Lipinski definition) is 1. The van der Waals surface area contributed by atoms with Crippen LogP contribution in [0.2, 0.25) is 0 Å². The van der Waals surface area contributed by atoms with Gasteiger partial charge in [0.05, 0.1) is 0 Å². The van der Waals surface area contributed by atoms with E-state index in [2.05, 4.69) is 0 Å². The zero-order chi connectivity index (χ0) is 18.6. The van der Waals surface area contributed by atoms with Crippen molar-refractivity contribution < 1.29 is 67.0 Å². The van der Waals surface area contributed by atoms with Crippen molar-refractivity contribution in [1.82, 2.24) is 0 Å². The molecule has 0 saturated carbocycles. The fraction of sp³-hybridized carbons (Fsp3) is 0.857. The van der Waals surface area contributed by atoms with Crippen molar-refractivity contribution in [2.75, 3.05) is 0 Å². The lowest BCUT2D eigenvalue weighted by Crippen LogP contribution is -2.71. The Morgan fingerprint density at radius 1 is 0.545 bits per heavy atom. The summed E-state index contributed by atoms with van der Waals surface area (Å²) in [6.07, 6.45) is -7.52. The Hall–Kier alpha value is -1.44. The minimum atomic E-state index is -8.08. The fourth-order valence-corrected chi connectivity index (χ4v) is 0.904. The van der Waals surface area contributed by atoms with Crippen LogP contribution in [0.3, 0.4) is 0 Å². The van der Waals surface area contributed by atoms with Gasteiger partial charge >= 0.3 is 41.8 Å². The highest BCUT2D eigenvalue weighted by atomic mass is 19.4. The van der Waals surface area contributed by atoms with Crippen LogP contribution in [0.1, 0.15) is 0 Å². The molecule has 0 rings (SSSR count). The van der Waals surface area contributed by atoms with Gasteiger partial charge in [0.15, 0.2) is 0 Å². The van der Waals surface area contributed by atoms with Gasteiger partial charge in [-0.3, -0.25) is 0 Å². The van der Waals surface area contributed by atoms with E-state index in [4.69, 9.17) is 5.11 Å². The van der Waals surface area contributed by atoms with Crippen LogP contribution < -0.4 is 0 Å². The summed E-state index contributed by atoms with van der Waals surface area (Å²) < 4.78 is 159. The van der Waals surface area contributed by atoms with Gasteiger partial charge in [-0.15, -0.1) is 0 Å². The Labute approximate surface area is 110 Å². The molecule has 0 saturated heterocycles. The predicted molar refractivity (Wildman–Crippen MR) is 38.4 cm³/mol. The Kier molecular flexibility index (Phi) is 4.46. The standard InChI is InChI=1S/C7HF13O2/c8-2(9,1(21)22)3(10,11)4(12,13)5(14,15)6(16,17)7(18,19)20/h(H,21,22)/i1+1,2+1,3+1,4+1,5+1. The van der Waals surface area contributed by atoms with E-state index in [0.29, 0.717) is 0 Å². The maximum Gasteiger partial charge on any atom is 0.460 e. The van der Waals surface area contributed by atoms with Crippen molar-refractivity contribution in [3.63, 3.8) is 0 Å². The summed E-state index contributed by atoms with van der Waals surface area (Å²) in [5.74, 6) is -43.0. The van der Waals surface area contributed by atoms with Crippen molar-refractivity contribution in [2.24, 2.45) is 0 Å². The molecule has 15 heteroatoms. The molecule has 0 aromatic heterocycles. The van der Waals surface area contributed by atoms with Gasteiger partial charge in [-0.25, -0.2) is 4.79 Å². The van der Waals surface area contributed by atoms with E-state index in [1.54, 1.807) is 0 Å². The topological polar surface area (TPSA) is 37.3 Å². The highest BCUT2D eigenvalue weighted by Gasteiger charge is 2.91. The summed E-state index contributed by atoms with van der Waals surface area (Å²) in [5.41, 5.74) is 0. The molecule has 22 heavy (non-hydrogen) atoms. The molecule has 0 heterocycles. The summed E-state index contributed by atoms with van der Waals surface area (Å²) >= 11 is 0. The lowest BCUT2D eigenvalue weighted by atomic mass is 10.4. The molecule has 0 atom stereocenters. The van der Waals surface area contributed by atoms with Crippen LogP contribution in [-0.4, -0.2) is 46.9 Å². The van der Waals surface area contributed by atoms with Crippen LogP contribution in [0.25, 0.3) is 0 Å². The molecular formula is C7HF13O2. The van der Waals surface area contributed by atoms with Gasteiger partial charge in [-0.2, -0.15) is 57.1 Å². The van der Waals surface area contributed by atoms with Gasteiger partial charge in [0.2, 0.25) is 0 Å². The molecule has 0 aliphatic rings. The van der Waals surface area contributed by atoms with E-state index in [9.17, 15) is 61.9 Å². The molecule has 0 radical (unpaired) electrons. The van der Waals surface area contributed by atoms with Gasteiger partial charge in [0, 0.05) is 0 Å². The molecule has 0 aliphatic heterocycles. The second-order valence-electron chi connectivity index (χ2n) is 3.67. The normalized spacial score (nSPS) is 15.9. The molecule has 0 amide bonds. The second kappa shape index (κ2) is 4.78. The van der Waals surface area contributed by atoms with Gasteiger partial charge < -0.3 is 5.11 Å². The highest BCUT2D eigenvalue weighted by Crippen LogP contribution is 2.60. The summed E-state index contributed by atoms with van der Waals surface area (Å²) in [6, 6.07) is 0. The smallest absolute Gasteiger partial charge is 0.460 e. The van der Waals surface area contributed by atoms with E-state index in [0.717, 1.165) is 0 Å². The molecule has 0 aromatic carbocycles. The van der Waals surface area contributed by atoms with E-state index < -0.39 is 41.8 Å². The molecule has 0 fully saturated rings. The van der Waals surface area contributed by atoms with Crippen LogP contribution in [0.4, 0.5) is 57.1 Å². The van der Waals surface area contributed by atoms with Gasteiger partial charge in [-0.1, -0.05) is 0 Å². The molecule has 1 N–H and O–H groups in total. The Morgan fingerprint density at radius 3 is 1.05 bits per heavy atom. The number of aliphatic carboxylic acids is 1. The summed E-state index contributed by atoms with van der Waals surface area (Å²) in [4.78, 5) is 9.67. The lowest BCUT2D eigenvalue weighted by Gasteiger charge is -2.38. The highest BCUT2D eigenvalue weighted by molar-refractivity contribution is 5.77. The van der Waals surface area contributed by atoms with Gasteiger partial charge in [0.25, 0.3) is 0 Å². The number of carboxylic acid groups (broad SMARTS) is 1. The third-order valence-corrected chi connectivity index (χ3v) is 2.20. The molecule has 0 bridgehead atoms. The minimum absolute atomic E-state index is 4.15. The third kappa shape index (κ3) is 2.33. The SMILES string of the molecule is O=[13C](O)[13C](F)(F)[13C](F)(F)[13C](F)(F)[13C](F)(F)C(F)(F)C(F)(F)F. The van der Waals surface area contributed by atoms with E-state index >= 15 is 0 Å². The molecular weight excluding hydrogens is 368 g/mol. The van der Waals surface area contributed by atoms with Crippen molar-refractivity contribution >= 4 is 5.97 Å². The number of rotatable bonds is 5. The molecule has 0 aliphatic carbocycles. The summed E-state index contributed by atoms with van der Waals surface area (Å²) in [6.45, 7) is 0. The summed E-state index contributed by atoms with van der Waals surface area (Å²) in [5, 5.41) is 7.55. The molecule has 2 nitrogen and oxygen atoms in total. The van der Waals surface area contributed by atoms with Gasteiger partial charge in [-0.05, 0) is 0 Å². The zero-order valence-electron chi connectivity index (χ0n) is 9.27. The van der Waals surface area contributed by atoms with Crippen LogP contribution >= 0.6 is 0 Å². The first-order chi connectivity index (χ1) is 9.19. The van der Waals surface area contributed by atoms with Crippen molar-refractivity contribution in [1.29, 1.82) is 0 Å². The van der Waals surface area contributed by atoms with Crippen molar-refractivity contribution in [2.45, 2.75) is 35.8 Å². The first kappa shape index (κ1) is 20.6. The molecule has 132 valence electrons. The Bertz CT molecular complexity index is 448. The van der Waals surface area contributed by atoms with E-state index in [-0.39, 0.29) is 0 Å². The maximum atomic E-state index is 12.6. The van der Waals surface area contributed by atoms with Crippen molar-refractivity contribution in [3.8, 4) is 0 Å². The molecule has 0 spiro atoms. The fourth-order valence-electron chi connectivity index (χ4n) is 0.904. The van der Waals surface area contributed by atoms with E-state index in [1.807, 2.05) is 0 Å². The lowest BCUT2D eigenvalue weighted by molar-refractivity contribution is -0.436. The van der Waals surface area contributed by atoms with Crippen molar-refractivity contribution in [3.05, 3.63) is 0 Å². The monoisotopic (exact) mass is 369 g/mol. The Morgan fingerprint density at radius 2 is 0.818 bits per heavy atom. The maximum absolute atomic E-state index is 12.6. The average Bonchev–Trinajstić information content (AvgIpc) is 2.25. The van der Waals surface area contributed by atoms with E-state index in [1.165, 1.54) is 0 Å². The first-order valence-corrected chi connectivity index (χ1v) is 4.38.